The monoisotopic (exact) mass is 412 g/mol. The zero-order valence-electron chi connectivity index (χ0n) is 13.4. The first-order chi connectivity index (χ1) is 12.3. The van der Waals surface area contributed by atoms with Crippen LogP contribution in [-0.4, -0.2) is 32.5 Å². The van der Waals surface area contributed by atoms with Crippen LogP contribution in [0.15, 0.2) is 47.4 Å². The van der Waals surface area contributed by atoms with Gasteiger partial charge in [-0.1, -0.05) is 35.3 Å². The fraction of sp³-hybridized carbons (Fsp3) is 0.176. The Morgan fingerprint density at radius 2 is 1.85 bits per heavy atom. The number of anilines is 2. The minimum absolute atomic E-state index is 0.0492. The Bertz CT molecular complexity index is 992. The Labute approximate surface area is 160 Å². The highest BCUT2D eigenvalue weighted by molar-refractivity contribution is 7.91. The highest BCUT2D eigenvalue weighted by Crippen LogP contribution is 2.30. The largest absolute Gasteiger partial charge is 0.324 e. The summed E-state index contributed by atoms with van der Waals surface area (Å²) in [6, 6.07) is 10.8. The standard InChI is InChI=1S/C17H14Cl2N2O4S/c18-12-6-5-11(9-13(12)19)20-16(22)10-21-14-3-1-2-4-15(14)26(24,25)8-7-17(21)23/h1-6,9H,7-8,10H2,(H,20,22). The Morgan fingerprint density at radius 3 is 2.58 bits per heavy atom. The number of hydrogen-bond acceptors (Lipinski definition) is 4. The summed E-state index contributed by atoms with van der Waals surface area (Å²) in [6.07, 6.45) is -0.183. The average molecular weight is 413 g/mol. The third-order valence-corrected chi connectivity index (χ3v) is 6.38. The van der Waals surface area contributed by atoms with Gasteiger partial charge in [-0.2, -0.15) is 0 Å². The molecule has 0 atom stereocenters. The fourth-order valence-electron chi connectivity index (χ4n) is 2.64. The minimum Gasteiger partial charge on any atom is -0.324 e. The summed E-state index contributed by atoms with van der Waals surface area (Å²) in [6.45, 7) is -0.314. The van der Waals surface area contributed by atoms with Crippen molar-refractivity contribution in [3.63, 3.8) is 0 Å². The molecule has 0 fully saturated rings. The van der Waals surface area contributed by atoms with Crippen molar-refractivity contribution in [1.82, 2.24) is 0 Å². The van der Waals surface area contributed by atoms with Gasteiger partial charge in [0.25, 0.3) is 0 Å². The number of rotatable bonds is 3. The summed E-state index contributed by atoms with van der Waals surface area (Å²) < 4.78 is 24.6. The number of sulfone groups is 1. The Morgan fingerprint density at radius 1 is 1.12 bits per heavy atom. The second-order valence-corrected chi connectivity index (χ2v) is 8.59. The van der Waals surface area contributed by atoms with E-state index in [4.69, 9.17) is 23.2 Å². The molecule has 136 valence electrons. The number of carbonyl (C=O) groups excluding carboxylic acids is 2. The lowest BCUT2D eigenvalue weighted by molar-refractivity contribution is -0.121. The van der Waals surface area contributed by atoms with Gasteiger partial charge in [-0.25, -0.2) is 8.42 Å². The van der Waals surface area contributed by atoms with E-state index in [2.05, 4.69) is 5.32 Å². The quantitative estimate of drug-likeness (QED) is 0.838. The molecule has 0 unspecified atom stereocenters. The summed E-state index contributed by atoms with van der Waals surface area (Å²) in [4.78, 5) is 26.0. The van der Waals surface area contributed by atoms with Crippen molar-refractivity contribution >= 4 is 56.2 Å². The van der Waals surface area contributed by atoms with Gasteiger partial charge < -0.3 is 10.2 Å². The van der Waals surface area contributed by atoms with Crippen LogP contribution in [0.1, 0.15) is 6.42 Å². The van der Waals surface area contributed by atoms with Crippen LogP contribution in [0.25, 0.3) is 0 Å². The van der Waals surface area contributed by atoms with Crippen molar-refractivity contribution in [2.45, 2.75) is 11.3 Å². The molecule has 2 aromatic rings. The van der Waals surface area contributed by atoms with Gasteiger partial charge in [0.15, 0.2) is 9.84 Å². The second-order valence-electron chi connectivity index (χ2n) is 5.69. The Hall–Kier alpha value is -2.09. The molecule has 9 heteroatoms. The molecule has 1 N–H and O–H groups in total. The predicted octanol–water partition coefficient (Wildman–Crippen LogP) is 3.14. The number of halogens is 2. The smallest absolute Gasteiger partial charge is 0.244 e. The summed E-state index contributed by atoms with van der Waals surface area (Å²) in [5.41, 5.74) is 0.631. The molecular formula is C17H14Cl2N2O4S. The van der Waals surface area contributed by atoms with Crippen molar-refractivity contribution in [3.8, 4) is 0 Å². The summed E-state index contributed by atoms with van der Waals surface area (Å²) in [5.74, 6) is -1.19. The lowest BCUT2D eigenvalue weighted by Gasteiger charge is -2.21. The van der Waals surface area contributed by atoms with Crippen LogP contribution in [0.5, 0.6) is 0 Å². The molecule has 3 rings (SSSR count). The van der Waals surface area contributed by atoms with Gasteiger partial charge in [0.05, 0.1) is 26.4 Å². The van der Waals surface area contributed by atoms with Crippen LogP contribution < -0.4 is 10.2 Å². The molecule has 1 aliphatic heterocycles. The SMILES string of the molecule is O=C(CN1C(=O)CCS(=O)(=O)c2ccccc21)Nc1ccc(Cl)c(Cl)c1. The molecule has 26 heavy (non-hydrogen) atoms. The summed E-state index contributed by atoms with van der Waals surface area (Å²) in [5, 5.41) is 3.26. The van der Waals surface area contributed by atoms with E-state index in [0.717, 1.165) is 0 Å². The van der Waals surface area contributed by atoms with E-state index < -0.39 is 21.7 Å². The van der Waals surface area contributed by atoms with E-state index in [0.29, 0.717) is 10.7 Å². The predicted molar refractivity (Wildman–Crippen MR) is 101 cm³/mol. The van der Waals surface area contributed by atoms with Gasteiger partial charge >= 0.3 is 0 Å². The highest BCUT2D eigenvalue weighted by atomic mass is 35.5. The van der Waals surface area contributed by atoms with Crippen LogP contribution in [-0.2, 0) is 19.4 Å². The first kappa shape index (κ1) is 18.7. The molecule has 0 saturated heterocycles. The maximum absolute atomic E-state index is 12.4. The number of nitrogens with zero attached hydrogens (tertiary/aromatic N) is 1. The molecule has 0 spiro atoms. The van der Waals surface area contributed by atoms with Crippen LogP contribution >= 0.6 is 23.2 Å². The number of nitrogens with one attached hydrogen (secondary N) is 1. The van der Waals surface area contributed by atoms with E-state index in [9.17, 15) is 18.0 Å². The van der Waals surface area contributed by atoms with E-state index in [1.807, 2.05) is 0 Å². The zero-order chi connectivity index (χ0) is 18.9. The molecule has 0 bridgehead atoms. The van der Waals surface area contributed by atoms with Gasteiger partial charge in [-0.05, 0) is 30.3 Å². The third-order valence-electron chi connectivity index (χ3n) is 3.88. The maximum atomic E-state index is 12.4. The third kappa shape index (κ3) is 3.85. The average Bonchev–Trinajstić information content (AvgIpc) is 2.69. The molecule has 0 aliphatic carbocycles. The van der Waals surface area contributed by atoms with Crippen molar-refractivity contribution in [2.24, 2.45) is 0 Å². The van der Waals surface area contributed by atoms with Gasteiger partial charge in [0, 0.05) is 12.1 Å². The maximum Gasteiger partial charge on any atom is 0.244 e. The normalized spacial score (nSPS) is 15.9. The number of amides is 2. The second kappa shape index (κ2) is 7.26. The van der Waals surface area contributed by atoms with E-state index in [1.54, 1.807) is 24.3 Å². The number of fused-ring (bicyclic) bond motifs is 1. The van der Waals surface area contributed by atoms with Gasteiger partial charge in [0.1, 0.15) is 6.54 Å². The lowest BCUT2D eigenvalue weighted by Crippen LogP contribution is -2.37. The molecule has 6 nitrogen and oxygen atoms in total. The molecule has 0 saturated carbocycles. The minimum atomic E-state index is -3.58. The zero-order valence-corrected chi connectivity index (χ0v) is 15.7. The van der Waals surface area contributed by atoms with Crippen LogP contribution in [0.4, 0.5) is 11.4 Å². The number of benzene rings is 2. The van der Waals surface area contributed by atoms with E-state index >= 15 is 0 Å². The van der Waals surface area contributed by atoms with Gasteiger partial charge in [0.2, 0.25) is 11.8 Å². The topological polar surface area (TPSA) is 83.6 Å². The molecule has 1 heterocycles. The number of carbonyl (C=O) groups is 2. The lowest BCUT2D eigenvalue weighted by atomic mass is 10.2. The van der Waals surface area contributed by atoms with E-state index in [1.165, 1.54) is 23.1 Å². The van der Waals surface area contributed by atoms with Crippen LogP contribution in [0.3, 0.4) is 0 Å². The summed E-state index contributed by atoms with van der Waals surface area (Å²) in [7, 11) is -3.58. The molecule has 1 aliphatic rings. The van der Waals surface area contributed by atoms with Crippen LogP contribution in [0.2, 0.25) is 10.0 Å². The highest BCUT2D eigenvalue weighted by Gasteiger charge is 2.31. The van der Waals surface area contributed by atoms with Crippen molar-refractivity contribution in [3.05, 3.63) is 52.5 Å². The number of para-hydroxylation sites is 1. The fourth-order valence-corrected chi connectivity index (χ4v) is 4.38. The molecule has 2 amide bonds. The summed E-state index contributed by atoms with van der Waals surface area (Å²) >= 11 is 11.8. The van der Waals surface area contributed by atoms with Gasteiger partial charge in [-0.3, -0.25) is 9.59 Å². The Balaban J connectivity index is 1.86. The van der Waals surface area contributed by atoms with E-state index in [-0.39, 0.29) is 34.3 Å². The molecule has 2 aromatic carbocycles. The molecule has 0 radical (unpaired) electrons. The first-order valence-electron chi connectivity index (χ1n) is 7.65. The van der Waals surface area contributed by atoms with Crippen molar-refractivity contribution in [1.29, 1.82) is 0 Å². The molecule has 0 aromatic heterocycles. The molecular weight excluding hydrogens is 399 g/mol. The first-order valence-corrected chi connectivity index (χ1v) is 10.1. The van der Waals surface area contributed by atoms with Crippen LogP contribution in [0, 0.1) is 0 Å². The number of hydrogen-bond donors (Lipinski definition) is 1. The van der Waals surface area contributed by atoms with Crippen molar-refractivity contribution in [2.75, 3.05) is 22.5 Å². The van der Waals surface area contributed by atoms with Crippen molar-refractivity contribution < 1.29 is 18.0 Å². The van der Waals surface area contributed by atoms with Gasteiger partial charge in [-0.15, -0.1) is 0 Å². The Kier molecular flexibility index (Phi) is 5.22.